The monoisotopic (exact) mass is 328 g/mol. The smallest absolute Gasteiger partial charge is 0.276 e. The SMILES string of the molecule is Cc1ccccc1/C=C/C(=O)NNC(=O)COc1ccccc1F. The molecule has 0 bridgehead atoms. The third-order valence-corrected chi connectivity index (χ3v) is 3.12. The van der Waals surface area contributed by atoms with Gasteiger partial charge in [-0.25, -0.2) is 4.39 Å². The molecule has 124 valence electrons. The van der Waals surface area contributed by atoms with E-state index < -0.39 is 24.2 Å². The quantitative estimate of drug-likeness (QED) is 0.654. The van der Waals surface area contributed by atoms with E-state index in [9.17, 15) is 14.0 Å². The number of ether oxygens (including phenoxy) is 1. The molecule has 2 aromatic rings. The highest BCUT2D eigenvalue weighted by atomic mass is 19.1. The average molecular weight is 328 g/mol. The molecular weight excluding hydrogens is 311 g/mol. The summed E-state index contributed by atoms with van der Waals surface area (Å²) in [6.45, 7) is 1.52. The van der Waals surface area contributed by atoms with Crippen LogP contribution < -0.4 is 15.6 Å². The number of para-hydroxylation sites is 1. The predicted molar refractivity (Wildman–Crippen MR) is 88.4 cm³/mol. The number of nitrogens with one attached hydrogen (secondary N) is 2. The fourth-order valence-electron chi connectivity index (χ4n) is 1.85. The second kappa shape index (κ2) is 8.47. The lowest BCUT2D eigenvalue weighted by Gasteiger charge is -2.08. The molecule has 0 aliphatic rings. The summed E-state index contributed by atoms with van der Waals surface area (Å²) >= 11 is 0. The number of benzene rings is 2. The fraction of sp³-hybridized carbons (Fsp3) is 0.111. The molecule has 0 atom stereocenters. The third kappa shape index (κ3) is 5.24. The van der Waals surface area contributed by atoms with Crippen LogP contribution in [-0.4, -0.2) is 18.4 Å². The summed E-state index contributed by atoms with van der Waals surface area (Å²) in [5, 5.41) is 0. The molecule has 2 amide bonds. The van der Waals surface area contributed by atoms with Gasteiger partial charge in [0.05, 0.1) is 0 Å². The molecule has 24 heavy (non-hydrogen) atoms. The lowest BCUT2D eigenvalue weighted by Crippen LogP contribution is -2.43. The molecule has 0 fully saturated rings. The zero-order valence-corrected chi connectivity index (χ0v) is 13.1. The topological polar surface area (TPSA) is 67.4 Å². The zero-order valence-electron chi connectivity index (χ0n) is 13.1. The normalized spacial score (nSPS) is 10.4. The number of hydrogen-bond acceptors (Lipinski definition) is 3. The minimum absolute atomic E-state index is 0.0292. The van der Waals surface area contributed by atoms with Gasteiger partial charge < -0.3 is 4.74 Å². The van der Waals surface area contributed by atoms with Crippen LogP contribution in [0.4, 0.5) is 4.39 Å². The molecule has 0 saturated heterocycles. The van der Waals surface area contributed by atoms with Gasteiger partial charge in [-0.3, -0.25) is 20.4 Å². The molecule has 0 aliphatic heterocycles. The maximum Gasteiger partial charge on any atom is 0.276 e. The van der Waals surface area contributed by atoms with Gasteiger partial charge in [-0.2, -0.15) is 0 Å². The van der Waals surface area contributed by atoms with Crippen LogP contribution in [0.25, 0.3) is 6.08 Å². The average Bonchev–Trinajstić information content (AvgIpc) is 2.58. The Bertz CT molecular complexity index is 759. The molecule has 2 N–H and O–H groups in total. The van der Waals surface area contributed by atoms with Crippen LogP contribution in [0.5, 0.6) is 5.75 Å². The lowest BCUT2D eigenvalue weighted by molar-refractivity contribution is -0.128. The largest absolute Gasteiger partial charge is 0.481 e. The molecule has 0 aromatic heterocycles. The van der Waals surface area contributed by atoms with Gasteiger partial charge in [0.1, 0.15) is 0 Å². The number of amides is 2. The molecular formula is C18H17FN2O3. The van der Waals surface area contributed by atoms with E-state index in [-0.39, 0.29) is 5.75 Å². The van der Waals surface area contributed by atoms with Gasteiger partial charge in [0.15, 0.2) is 18.2 Å². The molecule has 0 heterocycles. The minimum Gasteiger partial charge on any atom is -0.481 e. The number of hydrazine groups is 1. The van der Waals surface area contributed by atoms with E-state index in [0.29, 0.717) is 0 Å². The Balaban J connectivity index is 1.76. The van der Waals surface area contributed by atoms with Crippen LogP contribution in [0.3, 0.4) is 0 Å². The molecule has 5 nitrogen and oxygen atoms in total. The van der Waals surface area contributed by atoms with E-state index in [1.54, 1.807) is 12.1 Å². The molecule has 0 unspecified atom stereocenters. The summed E-state index contributed by atoms with van der Waals surface area (Å²) in [6, 6.07) is 13.3. The lowest BCUT2D eigenvalue weighted by atomic mass is 10.1. The molecule has 0 spiro atoms. The maximum absolute atomic E-state index is 13.3. The second-order valence-corrected chi connectivity index (χ2v) is 4.95. The minimum atomic E-state index is -0.601. The van der Waals surface area contributed by atoms with E-state index in [4.69, 9.17) is 4.74 Å². The number of rotatable bonds is 5. The van der Waals surface area contributed by atoms with Gasteiger partial charge in [0.25, 0.3) is 11.8 Å². The van der Waals surface area contributed by atoms with E-state index in [0.717, 1.165) is 11.1 Å². The summed E-state index contributed by atoms with van der Waals surface area (Å²) in [7, 11) is 0. The molecule has 2 aromatic carbocycles. The molecule has 6 heteroatoms. The Kier molecular flexibility index (Phi) is 6.08. The van der Waals surface area contributed by atoms with Gasteiger partial charge in [0, 0.05) is 6.08 Å². The number of hydrogen-bond donors (Lipinski definition) is 2. The molecule has 0 saturated carbocycles. The highest BCUT2D eigenvalue weighted by molar-refractivity contribution is 5.93. The van der Waals surface area contributed by atoms with Crippen molar-refractivity contribution in [3.8, 4) is 5.75 Å². The van der Waals surface area contributed by atoms with E-state index in [2.05, 4.69) is 10.9 Å². The highest BCUT2D eigenvalue weighted by Gasteiger charge is 2.06. The number of carbonyl (C=O) groups is 2. The molecule has 0 radical (unpaired) electrons. The molecule has 0 aliphatic carbocycles. The maximum atomic E-state index is 13.3. The first-order chi connectivity index (χ1) is 11.6. The Morgan fingerprint density at radius 3 is 2.54 bits per heavy atom. The summed E-state index contributed by atoms with van der Waals surface area (Å²) in [4.78, 5) is 23.2. The van der Waals surface area contributed by atoms with Crippen LogP contribution in [-0.2, 0) is 9.59 Å². The van der Waals surface area contributed by atoms with E-state index in [1.807, 2.05) is 31.2 Å². The van der Waals surface area contributed by atoms with Crippen molar-refractivity contribution in [3.63, 3.8) is 0 Å². The first-order valence-corrected chi connectivity index (χ1v) is 7.26. The zero-order chi connectivity index (χ0) is 17.4. The second-order valence-electron chi connectivity index (χ2n) is 4.95. The fourth-order valence-corrected chi connectivity index (χ4v) is 1.85. The number of carbonyl (C=O) groups excluding carboxylic acids is 2. The number of halogens is 1. The Morgan fingerprint density at radius 2 is 1.79 bits per heavy atom. The van der Waals surface area contributed by atoms with Crippen LogP contribution in [0, 0.1) is 12.7 Å². The van der Waals surface area contributed by atoms with Gasteiger partial charge in [0.2, 0.25) is 0 Å². The van der Waals surface area contributed by atoms with E-state index >= 15 is 0 Å². The van der Waals surface area contributed by atoms with Crippen LogP contribution in [0.15, 0.2) is 54.6 Å². The van der Waals surface area contributed by atoms with E-state index in [1.165, 1.54) is 24.3 Å². The van der Waals surface area contributed by atoms with Crippen molar-refractivity contribution in [2.24, 2.45) is 0 Å². The van der Waals surface area contributed by atoms with Crippen molar-refractivity contribution in [1.82, 2.24) is 10.9 Å². The van der Waals surface area contributed by atoms with Crippen LogP contribution in [0.1, 0.15) is 11.1 Å². The van der Waals surface area contributed by atoms with Crippen molar-refractivity contribution < 1.29 is 18.7 Å². The standard InChI is InChI=1S/C18H17FN2O3/c1-13-6-2-3-7-14(13)10-11-17(22)20-21-18(23)12-24-16-9-5-4-8-15(16)19/h2-11H,12H2,1H3,(H,20,22)(H,21,23)/b11-10+. The predicted octanol–water partition coefficient (Wildman–Crippen LogP) is 2.37. The van der Waals surface area contributed by atoms with Crippen molar-refractivity contribution >= 4 is 17.9 Å². The Morgan fingerprint density at radius 1 is 1.08 bits per heavy atom. The molecule has 2 rings (SSSR count). The summed E-state index contributed by atoms with van der Waals surface area (Å²) in [5.74, 6) is -1.68. The van der Waals surface area contributed by atoms with Gasteiger partial charge in [-0.15, -0.1) is 0 Å². The number of aryl methyl sites for hydroxylation is 1. The van der Waals surface area contributed by atoms with Gasteiger partial charge in [-0.05, 0) is 36.3 Å². The van der Waals surface area contributed by atoms with Crippen LogP contribution in [0.2, 0.25) is 0 Å². The third-order valence-electron chi connectivity index (χ3n) is 3.12. The van der Waals surface area contributed by atoms with Crippen molar-refractivity contribution in [2.45, 2.75) is 6.92 Å². The first-order valence-electron chi connectivity index (χ1n) is 7.26. The summed E-state index contributed by atoms with van der Waals surface area (Å²) in [5.41, 5.74) is 6.35. The van der Waals surface area contributed by atoms with Crippen molar-refractivity contribution in [1.29, 1.82) is 0 Å². The Labute approximate surface area is 139 Å². The van der Waals surface area contributed by atoms with Crippen molar-refractivity contribution in [3.05, 3.63) is 71.6 Å². The van der Waals surface area contributed by atoms with Gasteiger partial charge >= 0.3 is 0 Å². The van der Waals surface area contributed by atoms with Gasteiger partial charge in [-0.1, -0.05) is 36.4 Å². The van der Waals surface area contributed by atoms with Crippen LogP contribution >= 0.6 is 0 Å². The summed E-state index contributed by atoms with van der Waals surface area (Å²) < 4.78 is 18.3. The van der Waals surface area contributed by atoms with Crippen molar-refractivity contribution in [2.75, 3.05) is 6.61 Å². The highest BCUT2D eigenvalue weighted by Crippen LogP contribution is 2.14. The first kappa shape index (κ1) is 17.2. The Hall–Kier alpha value is -3.15. The summed E-state index contributed by atoms with van der Waals surface area (Å²) in [6.07, 6.45) is 2.95.